The van der Waals surface area contributed by atoms with Crippen LogP contribution in [0.5, 0.6) is 0 Å². The van der Waals surface area contributed by atoms with Gasteiger partial charge in [0.25, 0.3) is 0 Å². The molecule has 21 heavy (non-hydrogen) atoms. The topological polar surface area (TPSA) is 79.7 Å². The van der Waals surface area contributed by atoms with Gasteiger partial charge in [0.15, 0.2) is 5.82 Å². The van der Waals surface area contributed by atoms with Crippen LogP contribution in [0.1, 0.15) is 36.0 Å². The average molecular weight is 281 g/mol. The summed E-state index contributed by atoms with van der Waals surface area (Å²) in [7, 11) is 0. The van der Waals surface area contributed by atoms with E-state index in [4.69, 9.17) is 5.73 Å². The van der Waals surface area contributed by atoms with Crippen LogP contribution < -0.4 is 11.1 Å². The molecule has 0 spiro atoms. The second-order valence-corrected chi connectivity index (χ2v) is 5.64. The van der Waals surface area contributed by atoms with Gasteiger partial charge in [-0.3, -0.25) is 0 Å². The second kappa shape index (κ2) is 5.49. The first-order valence-electron chi connectivity index (χ1n) is 7.26. The van der Waals surface area contributed by atoms with Gasteiger partial charge in [0.05, 0.1) is 6.54 Å². The highest BCUT2D eigenvalue weighted by atomic mass is 15.3. The van der Waals surface area contributed by atoms with Crippen LogP contribution in [0.2, 0.25) is 0 Å². The van der Waals surface area contributed by atoms with Crippen molar-refractivity contribution in [3.05, 3.63) is 41.0 Å². The molecular weight excluding hydrogens is 262 g/mol. The van der Waals surface area contributed by atoms with Gasteiger partial charge in [-0.2, -0.15) is 10.4 Å². The zero-order chi connectivity index (χ0) is 14.8. The van der Waals surface area contributed by atoms with Gasteiger partial charge in [0, 0.05) is 6.04 Å². The standard InChI is InChI=1S/C16H19N5/c1-11-5-7-12(8-6-11)10-21-15(18)14(9-17)16(20-21)19-13-3-2-4-13/h5-8,13H,2-4,10,18H2,1H3,(H,19,20). The van der Waals surface area contributed by atoms with Crippen molar-refractivity contribution in [2.75, 3.05) is 11.1 Å². The number of benzene rings is 1. The van der Waals surface area contributed by atoms with E-state index < -0.39 is 0 Å². The highest BCUT2D eigenvalue weighted by Crippen LogP contribution is 2.27. The molecule has 1 aromatic carbocycles. The molecule has 1 fully saturated rings. The summed E-state index contributed by atoms with van der Waals surface area (Å²) < 4.78 is 1.70. The summed E-state index contributed by atoms with van der Waals surface area (Å²) in [5.74, 6) is 1.05. The van der Waals surface area contributed by atoms with Gasteiger partial charge >= 0.3 is 0 Å². The zero-order valence-electron chi connectivity index (χ0n) is 12.1. The van der Waals surface area contributed by atoms with Crippen LogP contribution in [-0.4, -0.2) is 15.8 Å². The summed E-state index contributed by atoms with van der Waals surface area (Å²) in [5, 5.41) is 17.1. The maximum absolute atomic E-state index is 9.30. The number of nitriles is 1. The largest absolute Gasteiger partial charge is 0.383 e. The van der Waals surface area contributed by atoms with E-state index in [9.17, 15) is 5.26 Å². The summed E-state index contributed by atoms with van der Waals surface area (Å²) >= 11 is 0. The number of nitrogens with two attached hydrogens (primary N) is 1. The molecular formula is C16H19N5. The van der Waals surface area contributed by atoms with Crippen molar-refractivity contribution in [2.45, 2.75) is 38.8 Å². The van der Waals surface area contributed by atoms with E-state index in [2.05, 4.69) is 47.7 Å². The van der Waals surface area contributed by atoms with Crippen molar-refractivity contribution in [1.29, 1.82) is 5.26 Å². The van der Waals surface area contributed by atoms with Crippen molar-refractivity contribution >= 4 is 11.6 Å². The Morgan fingerprint density at radius 3 is 2.67 bits per heavy atom. The number of nitrogens with one attached hydrogen (secondary N) is 1. The molecule has 1 aromatic heterocycles. The average Bonchev–Trinajstić information content (AvgIpc) is 2.72. The van der Waals surface area contributed by atoms with Gasteiger partial charge in [-0.15, -0.1) is 0 Å². The zero-order valence-corrected chi connectivity index (χ0v) is 12.1. The molecule has 0 bridgehead atoms. The van der Waals surface area contributed by atoms with Crippen LogP contribution in [0.3, 0.4) is 0 Å². The molecule has 3 N–H and O–H groups in total. The van der Waals surface area contributed by atoms with Crippen molar-refractivity contribution in [2.24, 2.45) is 0 Å². The Morgan fingerprint density at radius 2 is 2.10 bits per heavy atom. The van der Waals surface area contributed by atoms with Crippen LogP contribution >= 0.6 is 0 Å². The predicted octanol–water partition coefficient (Wildman–Crippen LogP) is 2.66. The molecule has 1 aliphatic carbocycles. The first kappa shape index (κ1) is 13.5. The Balaban J connectivity index is 1.84. The predicted molar refractivity (Wildman–Crippen MR) is 82.9 cm³/mol. The molecule has 0 amide bonds. The van der Waals surface area contributed by atoms with Crippen molar-refractivity contribution in [1.82, 2.24) is 9.78 Å². The molecule has 1 aliphatic rings. The molecule has 5 nitrogen and oxygen atoms in total. The van der Waals surface area contributed by atoms with E-state index in [1.807, 2.05) is 0 Å². The smallest absolute Gasteiger partial charge is 0.168 e. The van der Waals surface area contributed by atoms with Crippen LogP contribution in [-0.2, 0) is 6.54 Å². The minimum absolute atomic E-state index is 0.430. The molecule has 2 aromatic rings. The lowest BCUT2D eigenvalue weighted by Gasteiger charge is -2.26. The summed E-state index contributed by atoms with van der Waals surface area (Å²) in [6.45, 7) is 2.63. The van der Waals surface area contributed by atoms with Crippen molar-refractivity contribution in [3.8, 4) is 6.07 Å². The lowest BCUT2D eigenvalue weighted by molar-refractivity contribution is 0.443. The fourth-order valence-corrected chi connectivity index (χ4v) is 2.42. The molecule has 1 saturated carbocycles. The van der Waals surface area contributed by atoms with Gasteiger partial charge in [-0.25, -0.2) is 4.68 Å². The molecule has 0 aliphatic heterocycles. The number of nitrogen functional groups attached to an aromatic ring is 1. The fourth-order valence-electron chi connectivity index (χ4n) is 2.42. The fraction of sp³-hybridized carbons (Fsp3) is 0.375. The monoisotopic (exact) mass is 281 g/mol. The van der Waals surface area contributed by atoms with E-state index in [0.29, 0.717) is 29.8 Å². The Morgan fingerprint density at radius 1 is 1.38 bits per heavy atom. The Bertz CT molecular complexity index is 674. The molecule has 108 valence electrons. The summed E-state index contributed by atoms with van der Waals surface area (Å²) in [4.78, 5) is 0. The first-order valence-corrected chi connectivity index (χ1v) is 7.26. The number of aryl methyl sites for hydroxylation is 1. The third-order valence-electron chi connectivity index (χ3n) is 4.00. The van der Waals surface area contributed by atoms with Gasteiger partial charge < -0.3 is 11.1 Å². The van der Waals surface area contributed by atoms with E-state index >= 15 is 0 Å². The quantitative estimate of drug-likeness (QED) is 0.903. The number of nitrogens with zero attached hydrogens (tertiary/aromatic N) is 3. The number of rotatable bonds is 4. The molecule has 3 rings (SSSR count). The minimum atomic E-state index is 0.430. The first-order chi connectivity index (χ1) is 10.2. The molecule has 0 saturated heterocycles. The summed E-state index contributed by atoms with van der Waals surface area (Å²) in [6, 6.07) is 10.8. The number of hydrogen-bond donors (Lipinski definition) is 2. The highest BCUT2D eigenvalue weighted by molar-refractivity contribution is 5.64. The van der Waals surface area contributed by atoms with Crippen molar-refractivity contribution < 1.29 is 0 Å². The number of anilines is 2. The number of hydrogen-bond acceptors (Lipinski definition) is 4. The summed E-state index contributed by atoms with van der Waals surface area (Å²) in [5.41, 5.74) is 8.86. The lowest BCUT2D eigenvalue weighted by atomic mass is 9.93. The summed E-state index contributed by atoms with van der Waals surface area (Å²) in [6.07, 6.45) is 3.50. The SMILES string of the molecule is Cc1ccc(Cn2nc(NC3CCC3)c(C#N)c2N)cc1. The van der Waals surface area contributed by atoms with Crippen LogP contribution in [0.25, 0.3) is 0 Å². The van der Waals surface area contributed by atoms with E-state index in [1.165, 1.54) is 12.0 Å². The Labute approximate surface area is 124 Å². The van der Waals surface area contributed by atoms with Gasteiger partial charge in [0.1, 0.15) is 17.5 Å². The van der Waals surface area contributed by atoms with Gasteiger partial charge in [-0.05, 0) is 31.7 Å². The van der Waals surface area contributed by atoms with Crippen LogP contribution in [0.4, 0.5) is 11.6 Å². The van der Waals surface area contributed by atoms with E-state index in [0.717, 1.165) is 18.4 Å². The molecule has 0 unspecified atom stereocenters. The van der Waals surface area contributed by atoms with Gasteiger partial charge in [0.2, 0.25) is 0 Å². The van der Waals surface area contributed by atoms with E-state index in [-0.39, 0.29) is 0 Å². The molecule has 0 atom stereocenters. The second-order valence-electron chi connectivity index (χ2n) is 5.64. The highest BCUT2D eigenvalue weighted by Gasteiger charge is 2.22. The van der Waals surface area contributed by atoms with Gasteiger partial charge in [-0.1, -0.05) is 29.8 Å². The minimum Gasteiger partial charge on any atom is -0.383 e. The van der Waals surface area contributed by atoms with E-state index in [1.54, 1.807) is 4.68 Å². The third kappa shape index (κ3) is 2.70. The van der Waals surface area contributed by atoms with Crippen LogP contribution in [0.15, 0.2) is 24.3 Å². The molecule has 1 heterocycles. The van der Waals surface area contributed by atoms with Crippen molar-refractivity contribution in [3.63, 3.8) is 0 Å². The normalized spacial score (nSPS) is 14.5. The molecule has 5 heteroatoms. The lowest BCUT2D eigenvalue weighted by Crippen LogP contribution is -2.27. The maximum Gasteiger partial charge on any atom is 0.168 e. The Hall–Kier alpha value is -2.48. The third-order valence-corrected chi connectivity index (χ3v) is 4.00. The molecule has 0 radical (unpaired) electrons. The Kier molecular flexibility index (Phi) is 3.53. The van der Waals surface area contributed by atoms with Crippen LogP contribution in [0, 0.1) is 18.3 Å². The number of aromatic nitrogens is 2. The maximum atomic E-state index is 9.30.